The molecule has 2 rings (SSSR count). The van der Waals surface area contributed by atoms with Gasteiger partial charge in [-0.1, -0.05) is 30.0 Å². The van der Waals surface area contributed by atoms with Gasteiger partial charge in [-0.15, -0.1) is 0 Å². The summed E-state index contributed by atoms with van der Waals surface area (Å²) in [6.07, 6.45) is 1.95. The second-order valence-electron chi connectivity index (χ2n) is 2.87. The molecular formula is C10H11N2OS+. The SMILES string of the molecule is CSc1n[n+](C)c(-c2ccccc2)o1. The maximum absolute atomic E-state index is 5.56. The second kappa shape index (κ2) is 3.84. The van der Waals surface area contributed by atoms with Crippen molar-refractivity contribution in [3.8, 4) is 11.5 Å². The van der Waals surface area contributed by atoms with Crippen LogP contribution in [0.1, 0.15) is 0 Å². The zero-order chi connectivity index (χ0) is 9.97. The van der Waals surface area contributed by atoms with Crippen molar-refractivity contribution in [1.82, 2.24) is 5.10 Å². The largest absolute Gasteiger partial charge is 0.408 e. The molecule has 0 aliphatic rings. The third kappa shape index (κ3) is 1.65. The lowest BCUT2D eigenvalue weighted by molar-refractivity contribution is -0.721. The monoisotopic (exact) mass is 207 g/mol. The Morgan fingerprint density at radius 2 is 2.00 bits per heavy atom. The zero-order valence-electron chi connectivity index (χ0n) is 8.10. The highest BCUT2D eigenvalue weighted by Crippen LogP contribution is 2.19. The Morgan fingerprint density at radius 1 is 1.29 bits per heavy atom. The predicted molar refractivity (Wildman–Crippen MR) is 54.9 cm³/mol. The molecule has 1 aromatic carbocycles. The summed E-state index contributed by atoms with van der Waals surface area (Å²) in [5, 5.41) is 4.90. The molecule has 0 saturated heterocycles. The Morgan fingerprint density at radius 3 is 2.57 bits per heavy atom. The lowest BCUT2D eigenvalue weighted by Crippen LogP contribution is -2.31. The molecule has 0 amide bonds. The van der Waals surface area contributed by atoms with Crippen LogP contribution in [0.3, 0.4) is 0 Å². The molecule has 0 spiro atoms. The molecule has 2 aromatic rings. The van der Waals surface area contributed by atoms with Crippen LogP contribution in [0, 0.1) is 0 Å². The van der Waals surface area contributed by atoms with Crippen LogP contribution < -0.4 is 4.68 Å². The fraction of sp³-hybridized carbons (Fsp3) is 0.200. The van der Waals surface area contributed by atoms with Gasteiger partial charge in [-0.3, -0.25) is 0 Å². The number of aryl methyl sites for hydroxylation is 1. The Kier molecular flexibility index (Phi) is 2.54. The molecular weight excluding hydrogens is 196 g/mol. The molecule has 0 aliphatic carbocycles. The van der Waals surface area contributed by atoms with E-state index in [-0.39, 0.29) is 0 Å². The highest BCUT2D eigenvalue weighted by Gasteiger charge is 2.19. The smallest absolute Gasteiger partial charge is 0.372 e. The quantitative estimate of drug-likeness (QED) is 0.556. The summed E-state index contributed by atoms with van der Waals surface area (Å²) in [6.45, 7) is 0. The third-order valence-corrected chi connectivity index (χ3v) is 2.42. The standard InChI is InChI=1S/C10H11N2OS/c1-12-9(13-10(11-12)14-2)8-6-4-3-5-7-8/h3-7H,1-2H3/q+1. The molecule has 0 unspecified atom stereocenters. The van der Waals surface area contributed by atoms with Crippen LogP contribution in [-0.4, -0.2) is 11.4 Å². The summed E-state index contributed by atoms with van der Waals surface area (Å²) < 4.78 is 7.32. The normalized spacial score (nSPS) is 10.4. The molecule has 0 radical (unpaired) electrons. The Labute approximate surface area is 86.8 Å². The van der Waals surface area contributed by atoms with Gasteiger partial charge < -0.3 is 4.42 Å². The van der Waals surface area contributed by atoms with Crippen LogP contribution in [0.5, 0.6) is 0 Å². The minimum absolute atomic E-state index is 0.686. The van der Waals surface area contributed by atoms with Gasteiger partial charge in [0.1, 0.15) is 0 Å². The Balaban J connectivity index is 2.46. The van der Waals surface area contributed by atoms with Crippen LogP contribution in [-0.2, 0) is 7.05 Å². The van der Waals surface area contributed by atoms with Crippen molar-refractivity contribution in [2.75, 3.05) is 6.26 Å². The number of thioether (sulfide) groups is 1. The number of benzene rings is 1. The lowest BCUT2D eigenvalue weighted by atomic mass is 10.2. The van der Waals surface area contributed by atoms with E-state index in [1.807, 2.05) is 43.6 Å². The van der Waals surface area contributed by atoms with E-state index in [2.05, 4.69) is 5.10 Å². The van der Waals surface area contributed by atoms with Gasteiger partial charge in [0.2, 0.25) is 0 Å². The van der Waals surface area contributed by atoms with E-state index >= 15 is 0 Å². The maximum Gasteiger partial charge on any atom is 0.408 e. The van der Waals surface area contributed by atoms with E-state index < -0.39 is 0 Å². The van der Waals surface area contributed by atoms with E-state index in [0.717, 1.165) is 11.5 Å². The molecule has 0 N–H and O–H groups in total. The van der Waals surface area contributed by atoms with Crippen LogP contribution in [0.15, 0.2) is 40.0 Å². The van der Waals surface area contributed by atoms with Gasteiger partial charge in [0.05, 0.1) is 10.7 Å². The van der Waals surface area contributed by atoms with E-state index in [4.69, 9.17) is 4.42 Å². The maximum atomic E-state index is 5.56. The molecule has 0 aliphatic heterocycles. The number of hydrogen-bond acceptors (Lipinski definition) is 3. The molecule has 0 bridgehead atoms. The number of nitrogens with zero attached hydrogens (tertiary/aromatic N) is 2. The predicted octanol–water partition coefficient (Wildman–Crippen LogP) is 1.89. The van der Waals surface area contributed by atoms with Crippen molar-refractivity contribution in [1.29, 1.82) is 0 Å². The molecule has 72 valence electrons. The fourth-order valence-corrected chi connectivity index (χ4v) is 1.61. The van der Waals surface area contributed by atoms with Gasteiger partial charge in [-0.2, -0.15) is 0 Å². The number of aromatic nitrogens is 2. The molecule has 1 aromatic heterocycles. The molecule has 0 saturated carbocycles. The first-order valence-electron chi connectivity index (χ1n) is 4.28. The molecule has 1 heterocycles. The van der Waals surface area contributed by atoms with Crippen LogP contribution in [0.2, 0.25) is 0 Å². The minimum Gasteiger partial charge on any atom is -0.372 e. The topological polar surface area (TPSA) is 29.9 Å². The van der Waals surface area contributed by atoms with Crippen molar-refractivity contribution < 1.29 is 9.10 Å². The summed E-state index contributed by atoms with van der Waals surface area (Å²) >= 11 is 1.50. The summed E-state index contributed by atoms with van der Waals surface area (Å²) in [5.74, 6) is 0.787. The average Bonchev–Trinajstić information content (AvgIpc) is 2.61. The van der Waals surface area contributed by atoms with Gasteiger partial charge >= 0.3 is 11.1 Å². The van der Waals surface area contributed by atoms with Gasteiger partial charge in [-0.05, 0) is 23.1 Å². The molecule has 0 fully saturated rings. The summed E-state index contributed by atoms with van der Waals surface area (Å²) in [4.78, 5) is 0. The first-order chi connectivity index (χ1) is 6.81. The summed E-state index contributed by atoms with van der Waals surface area (Å²) in [7, 11) is 1.88. The Bertz CT molecular complexity index is 425. The highest BCUT2D eigenvalue weighted by atomic mass is 32.2. The van der Waals surface area contributed by atoms with Gasteiger partial charge in [0, 0.05) is 0 Å². The molecule has 4 heteroatoms. The van der Waals surface area contributed by atoms with Crippen LogP contribution in [0.4, 0.5) is 0 Å². The first kappa shape index (κ1) is 9.27. The highest BCUT2D eigenvalue weighted by molar-refractivity contribution is 7.98. The zero-order valence-corrected chi connectivity index (χ0v) is 8.91. The van der Waals surface area contributed by atoms with Crippen molar-refractivity contribution in [3.63, 3.8) is 0 Å². The second-order valence-corrected chi connectivity index (χ2v) is 3.62. The molecule has 14 heavy (non-hydrogen) atoms. The van der Waals surface area contributed by atoms with Crippen LogP contribution >= 0.6 is 11.8 Å². The third-order valence-electron chi connectivity index (χ3n) is 1.90. The van der Waals surface area contributed by atoms with Crippen LogP contribution in [0.25, 0.3) is 11.5 Å². The van der Waals surface area contributed by atoms with Crippen molar-refractivity contribution in [2.24, 2.45) is 7.05 Å². The van der Waals surface area contributed by atoms with Crippen molar-refractivity contribution >= 4 is 11.8 Å². The van der Waals surface area contributed by atoms with Crippen molar-refractivity contribution in [3.05, 3.63) is 30.3 Å². The molecule has 0 atom stereocenters. The summed E-state index contributed by atoms with van der Waals surface area (Å²) in [5.41, 5.74) is 1.04. The average molecular weight is 207 g/mol. The van der Waals surface area contributed by atoms with E-state index in [1.165, 1.54) is 11.8 Å². The Hall–Kier alpha value is -1.29. The van der Waals surface area contributed by atoms with Gasteiger partial charge in [0.15, 0.2) is 7.05 Å². The number of hydrogen-bond donors (Lipinski definition) is 0. The van der Waals surface area contributed by atoms with E-state index in [0.29, 0.717) is 5.22 Å². The summed E-state index contributed by atoms with van der Waals surface area (Å²) in [6, 6.07) is 9.96. The van der Waals surface area contributed by atoms with E-state index in [1.54, 1.807) is 4.68 Å². The van der Waals surface area contributed by atoms with E-state index in [9.17, 15) is 0 Å². The first-order valence-corrected chi connectivity index (χ1v) is 5.50. The van der Waals surface area contributed by atoms with Gasteiger partial charge in [-0.25, -0.2) is 0 Å². The minimum atomic E-state index is 0.686. The van der Waals surface area contributed by atoms with Crippen molar-refractivity contribution in [2.45, 2.75) is 5.22 Å². The fourth-order valence-electron chi connectivity index (χ4n) is 1.25. The number of rotatable bonds is 2. The molecule has 3 nitrogen and oxygen atoms in total. The lowest BCUT2D eigenvalue weighted by Gasteiger charge is -1.88. The van der Waals surface area contributed by atoms with Gasteiger partial charge in [0.25, 0.3) is 0 Å².